The predicted octanol–water partition coefficient (Wildman–Crippen LogP) is 3.27. The summed E-state index contributed by atoms with van der Waals surface area (Å²) in [6.45, 7) is 2.20. The summed E-state index contributed by atoms with van der Waals surface area (Å²) in [4.78, 5) is 23.8. The Kier molecular flexibility index (Phi) is 7.44. The molecule has 0 aliphatic heterocycles. The van der Waals surface area contributed by atoms with Gasteiger partial charge in [0.2, 0.25) is 0 Å². The minimum atomic E-state index is -0.483. The van der Waals surface area contributed by atoms with Gasteiger partial charge in [0.1, 0.15) is 5.75 Å². The molecule has 0 heterocycles. The topological polar surface area (TPSA) is 79.8 Å². The third-order valence-corrected chi connectivity index (χ3v) is 3.88. The van der Waals surface area contributed by atoms with Crippen LogP contribution in [0.2, 0.25) is 10.0 Å². The van der Waals surface area contributed by atoms with Crippen LogP contribution in [0.1, 0.15) is 22.8 Å². The number of carbonyl (C=O) groups is 2. The first-order valence-corrected chi connectivity index (χ1v) is 8.54. The summed E-state index contributed by atoms with van der Waals surface area (Å²) in [7, 11) is 0. The number of carbonyl (C=O) groups excluding carboxylic acids is 2. The van der Waals surface area contributed by atoms with Crippen molar-refractivity contribution in [1.82, 2.24) is 10.7 Å². The van der Waals surface area contributed by atoms with E-state index in [9.17, 15) is 9.59 Å². The number of rotatable bonds is 7. The molecule has 0 radical (unpaired) electrons. The lowest BCUT2D eigenvalue weighted by Gasteiger charge is -2.06. The number of benzene rings is 2. The van der Waals surface area contributed by atoms with Gasteiger partial charge in [-0.05, 0) is 43.3 Å². The first-order chi connectivity index (χ1) is 12.5. The Balaban J connectivity index is 1.82. The fourth-order valence-electron chi connectivity index (χ4n) is 1.97. The summed E-state index contributed by atoms with van der Waals surface area (Å²) in [6, 6.07) is 11.6. The lowest BCUT2D eigenvalue weighted by Crippen LogP contribution is -2.34. The van der Waals surface area contributed by atoms with E-state index in [1.54, 1.807) is 42.5 Å². The van der Waals surface area contributed by atoms with E-state index in [0.717, 1.165) is 0 Å². The standard InChI is InChI=1S/C18H17Cl2N3O3/c1-2-26-13-8-6-12(7-9-13)18(25)21-11-17(24)23-22-10-14-15(19)4-3-5-16(14)20/h3-10H,2,11H2,1H3,(H,21,25)(H,23,24). The van der Waals surface area contributed by atoms with Crippen LogP contribution in [0.15, 0.2) is 47.6 Å². The van der Waals surface area contributed by atoms with Crippen LogP contribution in [0.5, 0.6) is 5.75 Å². The number of ether oxygens (including phenoxy) is 1. The molecule has 26 heavy (non-hydrogen) atoms. The zero-order valence-corrected chi connectivity index (χ0v) is 15.5. The average Bonchev–Trinajstić information content (AvgIpc) is 2.63. The molecule has 0 unspecified atom stereocenters. The summed E-state index contributed by atoms with van der Waals surface area (Å²) in [5.74, 6) is -0.181. The molecule has 2 rings (SSSR count). The van der Waals surface area contributed by atoms with Crippen LogP contribution in [-0.2, 0) is 4.79 Å². The molecule has 0 aliphatic rings. The van der Waals surface area contributed by atoms with Crippen LogP contribution >= 0.6 is 23.2 Å². The highest BCUT2D eigenvalue weighted by molar-refractivity contribution is 6.38. The number of amides is 2. The van der Waals surface area contributed by atoms with E-state index in [2.05, 4.69) is 15.8 Å². The molecular formula is C18H17Cl2N3O3. The molecule has 0 saturated heterocycles. The molecule has 8 heteroatoms. The largest absolute Gasteiger partial charge is 0.494 e. The highest BCUT2D eigenvalue weighted by Gasteiger charge is 2.08. The second-order valence-electron chi connectivity index (χ2n) is 5.07. The van der Waals surface area contributed by atoms with E-state index in [4.69, 9.17) is 27.9 Å². The van der Waals surface area contributed by atoms with E-state index in [0.29, 0.717) is 33.5 Å². The van der Waals surface area contributed by atoms with E-state index in [1.165, 1.54) is 6.21 Å². The number of hydrogen-bond donors (Lipinski definition) is 2. The molecule has 0 spiro atoms. The molecule has 6 nitrogen and oxygen atoms in total. The maximum absolute atomic E-state index is 12.0. The molecule has 2 aromatic rings. The Morgan fingerprint density at radius 3 is 2.38 bits per heavy atom. The van der Waals surface area contributed by atoms with Crippen molar-refractivity contribution in [1.29, 1.82) is 0 Å². The number of nitrogens with one attached hydrogen (secondary N) is 2. The Labute approximate surface area is 161 Å². The summed E-state index contributed by atoms with van der Waals surface area (Å²) < 4.78 is 5.31. The molecule has 0 saturated carbocycles. The zero-order valence-electron chi connectivity index (χ0n) is 14.0. The van der Waals surface area contributed by atoms with Crippen LogP contribution < -0.4 is 15.5 Å². The fourth-order valence-corrected chi connectivity index (χ4v) is 2.47. The van der Waals surface area contributed by atoms with Crippen molar-refractivity contribution >= 4 is 41.2 Å². The van der Waals surface area contributed by atoms with Gasteiger partial charge < -0.3 is 10.1 Å². The maximum Gasteiger partial charge on any atom is 0.259 e. The van der Waals surface area contributed by atoms with Gasteiger partial charge in [-0.2, -0.15) is 5.10 Å². The summed E-state index contributed by atoms with van der Waals surface area (Å²) in [6.07, 6.45) is 1.34. The minimum absolute atomic E-state index is 0.223. The normalized spacial score (nSPS) is 10.6. The second kappa shape index (κ2) is 9.79. The van der Waals surface area contributed by atoms with Gasteiger partial charge in [-0.1, -0.05) is 29.3 Å². The Bertz CT molecular complexity index is 788. The maximum atomic E-state index is 12.0. The number of hydrogen-bond acceptors (Lipinski definition) is 4. The quantitative estimate of drug-likeness (QED) is 0.559. The number of hydrazone groups is 1. The van der Waals surface area contributed by atoms with Crippen LogP contribution in [0, 0.1) is 0 Å². The smallest absolute Gasteiger partial charge is 0.259 e. The Morgan fingerprint density at radius 2 is 1.77 bits per heavy atom. The molecule has 2 amide bonds. The molecule has 136 valence electrons. The summed E-state index contributed by atoms with van der Waals surface area (Å²) in [5, 5.41) is 7.12. The van der Waals surface area contributed by atoms with E-state index in [-0.39, 0.29) is 12.5 Å². The number of halogens is 2. The monoisotopic (exact) mass is 393 g/mol. The van der Waals surface area contributed by atoms with Crippen molar-refractivity contribution < 1.29 is 14.3 Å². The van der Waals surface area contributed by atoms with Crippen LogP contribution in [0.25, 0.3) is 0 Å². The lowest BCUT2D eigenvalue weighted by atomic mass is 10.2. The average molecular weight is 394 g/mol. The predicted molar refractivity (Wildman–Crippen MR) is 102 cm³/mol. The van der Waals surface area contributed by atoms with E-state index >= 15 is 0 Å². The van der Waals surface area contributed by atoms with Crippen molar-refractivity contribution in [2.75, 3.05) is 13.2 Å². The van der Waals surface area contributed by atoms with Crippen LogP contribution in [0.3, 0.4) is 0 Å². The van der Waals surface area contributed by atoms with Gasteiger partial charge in [0.15, 0.2) is 0 Å². The van der Waals surface area contributed by atoms with Crippen molar-refractivity contribution in [3.8, 4) is 5.75 Å². The molecular weight excluding hydrogens is 377 g/mol. The van der Waals surface area contributed by atoms with Crippen molar-refractivity contribution in [3.63, 3.8) is 0 Å². The third-order valence-electron chi connectivity index (χ3n) is 3.22. The molecule has 0 fully saturated rings. The molecule has 0 atom stereocenters. The minimum Gasteiger partial charge on any atom is -0.494 e. The third kappa shape index (κ3) is 5.75. The SMILES string of the molecule is CCOc1ccc(C(=O)NCC(=O)NN=Cc2c(Cl)cccc2Cl)cc1. The van der Waals surface area contributed by atoms with Crippen LogP contribution in [0.4, 0.5) is 0 Å². The van der Waals surface area contributed by atoms with Crippen molar-refractivity contribution in [2.24, 2.45) is 5.10 Å². The van der Waals surface area contributed by atoms with Gasteiger partial charge in [0.05, 0.1) is 29.4 Å². The first-order valence-electron chi connectivity index (χ1n) is 7.78. The van der Waals surface area contributed by atoms with Gasteiger partial charge in [0, 0.05) is 11.1 Å². The van der Waals surface area contributed by atoms with Crippen molar-refractivity contribution in [2.45, 2.75) is 6.92 Å². The zero-order chi connectivity index (χ0) is 18.9. The summed E-state index contributed by atoms with van der Waals surface area (Å²) in [5.41, 5.74) is 3.22. The van der Waals surface area contributed by atoms with E-state index < -0.39 is 5.91 Å². The lowest BCUT2D eigenvalue weighted by molar-refractivity contribution is -0.120. The van der Waals surface area contributed by atoms with Gasteiger partial charge in [-0.3, -0.25) is 9.59 Å². The van der Waals surface area contributed by atoms with Crippen molar-refractivity contribution in [3.05, 3.63) is 63.6 Å². The first kappa shape index (κ1) is 19.8. The van der Waals surface area contributed by atoms with Gasteiger partial charge >= 0.3 is 0 Å². The Morgan fingerprint density at radius 1 is 1.12 bits per heavy atom. The molecule has 2 N–H and O–H groups in total. The van der Waals surface area contributed by atoms with Gasteiger partial charge in [-0.15, -0.1) is 0 Å². The molecule has 0 aliphatic carbocycles. The fraction of sp³-hybridized carbons (Fsp3) is 0.167. The second-order valence-corrected chi connectivity index (χ2v) is 5.88. The molecule has 2 aromatic carbocycles. The highest BCUT2D eigenvalue weighted by atomic mass is 35.5. The molecule has 0 bridgehead atoms. The highest BCUT2D eigenvalue weighted by Crippen LogP contribution is 2.21. The van der Waals surface area contributed by atoms with Gasteiger partial charge in [-0.25, -0.2) is 5.43 Å². The molecule has 0 aromatic heterocycles. The van der Waals surface area contributed by atoms with Gasteiger partial charge in [0.25, 0.3) is 11.8 Å². The van der Waals surface area contributed by atoms with E-state index in [1.807, 2.05) is 6.92 Å². The summed E-state index contributed by atoms with van der Waals surface area (Å²) >= 11 is 12.0. The van der Waals surface area contributed by atoms with Crippen LogP contribution in [-0.4, -0.2) is 31.2 Å². The number of nitrogens with zero attached hydrogens (tertiary/aromatic N) is 1. The Hall–Kier alpha value is -2.57.